The molecule has 10 heteroatoms. The van der Waals surface area contributed by atoms with Gasteiger partial charge >= 0.3 is 5.97 Å². The van der Waals surface area contributed by atoms with Gasteiger partial charge in [-0.3, -0.25) is 9.59 Å². The number of aromatic carboxylic acids is 1. The van der Waals surface area contributed by atoms with Gasteiger partial charge in [0.05, 0.1) is 46.3 Å². The van der Waals surface area contributed by atoms with E-state index in [0.717, 1.165) is 0 Å². The number of ether oxygens (including phenoxy) is 1. The molecule has 0 atom stereocenters. The van der Waals surface area contributed by atoms with Crippen molar-refractivity contribution in [2.75, 3.05) is 31.3 Å². The molecule has 9 nitrogen and oxygen atoms in total. The summed E-state index contributed by atoms with van der Waals surface area (Å²) in [4.78, 5) is 39.1. The van der Waals surface area contributed by atoms with Crippen LogP contribution in [0.1, 0.15) is 33.4 Å². The Morgan fingerprint density at radius 2 is 1.86 bits per heavy atom. The van der Waals surface area contributed by atoms with Gasteiger partial charge in [0, 0.05) is 18.7 Å². The van der Waals surface area contributed by atoms with Gasteiger partial charge in [0.15, 0.2) is 0 Å². The zero-order chi connectivity index (χ0) is 26.1. The molecule has 5 rings (SSSR count). The number of amides is 2. The van der Waals surface area contributed by atoms with E-state index in [1.54, 1.807) is 60.4 Å². The molecule has 3 aromatic rings. The number of hydrazone groups is 1. The minimum absolute atomic E-state index is 0.0562. The van der Waals surface area contributed by atoms with Gasteiger partial charge in [0.2, 0.25) is 0 Å². The summed E-state index contributed by atoms with van der Waals surface area (Å²) in [5.74, 6) is -0.733. The summed E-state index contributed by atoms with van der Waals surface area (Å²) in [6.07, 6.45) is 1.58. The minimum atomic E-state index is -1.09. The molecule has 37 heavy (non-hydrogen) atoms. The lowest BCUT2D eigenvalue weighted by Crippen LogP contribution is -2.40. The topological polar surface area (TPSA) is 113 Å². The van der Waals surface area contributed by atoms with Gasteiger partial charge in [-0.1, -0.05) is 17.7 Å². The number of carbonyl (C=O) groups is 3. The first-order valence-corrected chi connectivity index (χ1v) is 11.9. The first kappa shape index (κ1) is 24.5. The molecular formula is C27H22ClN3O6. The number of rotatable bonds is 5. The highest BCUT2D eigenvalue weighted by Crippen LogP contribution is 2.30. The van der Waals surface area contributed by atoms with Crippen molar-refractivity contribution in [3.8, 4) is 11.3 Å². The average Bonchev–Trinajstić information content (AvgIpc) is 3.49. The molecule has 0 aliphatic carbocycles. The molecule has 3 heterocycles. The van der Waals surface area contributed by atoms with Crippen molar-refractivity contribution in [1.29, 1.82) is 0 Å². The number of anilines is 1. The van der Waals surface area contributed by atoms with Crippen LogP contribution in [0.2, 0.25) is 5.02 Å². The van der Waals surface area contributed by atoms with Gasteiger partial charge < -0.3 is 19.2 Å². The van der Waals surface area contributed by atoms with Crippen molar-refractivity contribution < 1.29 is 28.6 Å². The van der Waals surface area contributed by atoms with E-state index in [1.807, 2.05) is 0 Å². The summed E-state index contributed by atoms with van der Waals surface area (Å²) in [6, 6.07) is 14.6. The third kappa shape index (κ3) is 4.91. The molecule has 0 bridgehead atoms. The number of hydrogen-bond acceptors (Lipinski definition) is 6. The molecule has 0 unspecified atom stereocenters. The second-order valence-electron chi connectivity index (χ2n) is 8.52. The maximum absolute atomic E-state index is 13.1. The standard InChI is InChI=1S/C27H22ClN3O6/c1-16-21(26(33)31(29-16)19-4-2-3-18(13-19)27(34)35)15-20-6-8-24(37-20)17-5-7-23(28)22(14-17)25(32)30-9-11-36-12-10-30/h2-8,13-15H,9-12H2,1H3,(H,34,35)/b21-15-. The van der Waals surface area contributed by atoms with Gasteiger partial charge in [-0.15, -0.1) is 0 Å². The molecule has 0 saturated carbocycles. The Kier molecular flexibility index (Phi) is 6.64. The molecule has 188 valence electrons. The molecule has 2 amide bonds. The second kappa shape index (κ2) is 10.0. The zero-order valence-corrected chi connectivity index (χ0v) is 20.6. The number of carbonyl (C=O) groups excluding carboxylic acids is 2. The lowest BCUT2D eigenvalue weighted by Gasteiger charge is -2.27. The summed E-state index contributed by atoms with van der Waals surface area (Å²) in [6.45, 7) is 3.68. The molecule has 2 aliphatic rings. The summed E-state index contributed by atoms with van der Waals surface area (Å²) >= 11 is 6.33. The number of benzene rings is 2. The first-order chi connectivity index (χ1) is 17.8. The molecule has 1 saturated heterocycles. The lowest BCUT2D eigenvalue weighted by molar-refractivity contribution is -0.114. The van der Waals surface area contributed by atoms with Crippen LogP contribution in [0.5, 0.6) is 0 Å². The van der Waals surface area contributed by atoms with E-state index in [1.165, 1.54) is 17.1 Å². The smallest absolute Gasteiger partial charge is 0.335 e. The van der Waals surface area contributed by atoms with Crippen molar-refractivity contribution >= 4 is 46.9 Å². The highest BCUT2D eigenvalue weighted by Gasteiger charge is 2.29. The Hall–Kier alpha value is -4.21. The number of furan rings is 1. The van der Waals surface area contributed by atoms with Crippen LogP contribution in [0.25, 0.3) is 17.4 Å². The van der Waals surface area contributed by atoms with E-state index < -0.39 is 11.9 Å². The third-order valence-electron chi connectivity index (χ3n) is 6.09. The van der Waals surface area contributed by atoms with Crippen molar-refractivity contribution in [2.24, 2.45) is 5.10 Å². The molecule has 0 radical (unpaired) electrons. The van der Waals surface area contributed by atoms with Crippen LogP contribution >= 0.6 is 11.6 Å². The van der Waals surface area contributed by atoms with Gasteiger partial charge in [-0.2, -0.15) is 10.1 Å². The van der Waals surface area contributed by atoms with Crippen molar-refractivity contribution in [3.63, 3.8) is 0 Å². The second-order valence-corrected chi connectivity index (χ2v) is 8.92. The Morgan fingerprint density at radius 1 is 1.08 bits per heavy atom. The first-order valence-electron chi connectivity index (χ1n) is 11.5. The van der Waals surface area contributed by atoms with E-state index >= 15 is 0 Å². The maximum atomic E-state index is 13.1. The molecule has 1 aromatic heterocycles. The Bertz CT molecular complexity index is 1470. The fourth-order valence-electron chi connectivity index (χ4n) is 4.14. The van der Waals surface area contributed by atoms with Crippen molar-refractivity contribution in [1.82, 2.24) is 4.90 Å². The van der Waals surface area contributed by atoms with Crippen LogP contribution in [0, 0.1) is 0 Å². The Balaban J connectivity index is 1.39. The normalized spacial score (nSPS) is 16.9. The molecule has 1 fully saturated rings. The number of hydrogen-bond donors (Lipinski definition) is 1. The van der Waals surface area contributed by atoms with Crippen LogP contribution in [0.4, 0.5) is 5.69 Å². The number of nitrogens with zero attached hydrogens (tertiary/aromatic N) is 3. The summed E-state index contributed by atoms with van der Waals surface area (Å²) in [5, 5.41) is 15.1. The van der Waals surface area contributed by atoms with E-state index in [0.29, 0.717) is 70.9 Å². The Morgan fingerprint density at radius 3 is 2.62 bits per heavy atom. The number of halogens is 1. The van der Waals surface area contributed by atoms with Crippen LogP contribution < -0.4 is 5.01 Å². The van der Waals surface area contributed by atoms with Crippen LogP contribution in [-0.4, -0.2) is 59.8 Å². The average molecular weight is 520 g/mol. The van der Waals surface area contributed by atoms with Crippen LogP contribution in [0.15, 0.2) is 69.7 Å². The fourth-order valence-corrected chi connectivity index (χ4v) is 4.34. The lowest BCUT2D eigenvalue weighted by atomic mass is 10.1. The number of carboxylic acid groups (broad SMARTS) is 1. The zero-order valence-electron chi connectivity index (χ0n) is 19.8. The predicted molar refractivity (Wildman–Crippen MR) is 138 cm³/mol. The number of carboxylic acids is 1. The largest absolute Gasteiger partial charge is 0.478 e. The minimum Gasteiger partial charge on any atom is -0.478 e. The summed E-state index contributed by atoms with van der Waals surface area (Å²) < 4.78 is 11.3. The van der Waals surface area contributed by atoms with Crippen molar-refractivity contribution in [2.45, 2.75) is 6.92 Å². The highest BCUT2D eigenvalue weighted by molar-refractivity contribution is 6.34. The molecule has 0 spiro atoms. The van der Waals surface area contributed by atoms with Crippen molar-refractivity contribution in [3.05, 3.63) is 82.1 Å². The third-order valence-corrected chi connectivity index (χ3v) is 6.42. The monoisotopic (exact) mass is 519 g/mol. The maximum Gasteiger partial charge on any atom is 0.335 e. The van der Waals surface area contributed by atoms with Gasteiger partial charge in [-0.05, 0) is 61.5 Å². The summed E-state index contributed by atoms with van der Waals surface area (Å²) in [7, 11) is 0. The van der Waals surface area contributed by atoms with Crippen LogP contribution in [-0.2, 0) is 9.53 Å². The van der Waals surface area contributed by atoms with Gasteiger partial charge in [-0.25, -0.2) is 4.79 Å². The number of morpholine rings is 1. The summed E-state index contributed by atoms with van der Waals surface area (Å²) in [5.41, 5.74) is 2.24. The molecular weight excluding hydrogens is 498 g/mol. The van der Waals surface area contributed by atoms with E-state index in [2.05, 4.69) is 5.10 Å². The van der Waals surface area contributed by atoms with E-state index in [9.17, 15) is 19.5 Å². The molecule has 1 N–H and O–H groups in total. The van der Waals surface area contributed by atoms with Gasteiger partial charge in [0.1, 0.15) is 11.5 Å². The van der Waals surface area contributed by atoms with Gasteiger partial charge in [0.25, 0.3) is 11.8 Å². The van der Waals surface area contributed by atoms with Crippen LogP contribution in [0.3, 0.4) is 0 Å². The Labute approximate surface area is 217 Å². The quantitative estimate of drug-likeness (QED) is 0.494. The highest BCUT2D eigenvalue weighted by atomic mass is 35.5. The molecule has 2 aliphatic heterocycles. The fraction of sp³-hybridized carbons (Fsp3) is 0.185. The van der Waals surface area contributed by atoms with E-state index in [4.69, 9.17) is 20.8 Å². The molecule has 2 aromatic carbocycles. The van der Waals surface area contributed by atoms with E-state index in [-0.39, 0.29) is 11.5 Å². The SMILES string of the molecule is CC1=NN(c2cccc(C(=O)O)c2)C(=O)/C1=C\c1ccc(-c2ccc(Cl)c(C(=O)N3CCOCC3)c2)o1. The predicted octanol–water partition coefficient (Wildman–Crippen LogP) is 4.58.